The molecule has 3 aliphatic rings. The molecular weight excluding hydrogens is 288 g/mol. The lowest BCUT2D eigenvalue weighted by atomic mass is 9.93. The Labute approximate surface area is 137 Å². The third kappa shape index (κ3) is 2.99. The van der Waals surface area contributed by atoms with Crippen molar-refractivity contribution in [1.82, 2.24) is 9.88 Å². The maximum absolute atomic E-state index is 12.5. The van der Waals surface area contributed by atoms with Gasteiger partial charge in [-0.15, -0.1) is 0 Å². The van der Waals surface area contributed by atoms with Gasteiger partial charge in [-0.1, -0.05) is 12.8 Å². The van der Waals surface area contributed by atoms with E-state index < -0.39 is 0 Å². The Morgan fingerprint density at radius 2 is 2.04 bits per heavy atom. The number of hydrogen-bond donors (Lipinski definition) is 0. The number of aromatic nitrogens is 1. The van der Waals surface area contributed by atoms with Crippen LogP contribution in [0.2, 0.25) is 0 Å². The molecule has 2 saturated heterocycles. The van der Waals surface area contributed by atoms with Gasteiger partial charge < -0.3 is 9.64 Å². The Bertz CT molecular complexity index is 607. The lowest BCUT2D eigenvalue weighted by Gasteiger charge is -2.34. The summed E-state index contributed by atoms with van der Waals surface area (Å²) in [5.41, 5.74) is 2.18. The molecule has 3 fully saturated rings. The number of hydrogen-bond acceptors (Lipinski definition) is 4. The number of carbonyl (C=O) groups excluding carboxylic acids is 1. The van der Waals surface area contributed by atoms with Crippen molar-refractivity contribution in [2.75, 3.05) is 13.1 Å². The lowest BCUT2D eigenvalue weighted by molar-refractivity contribution is -0.165. The van der Waals surface area contributed by atoms with Gasteiger partial charge in [0.1, 0.15) is 5.60 Å². The summed E-state index contributed by atoms with van der Waals surface area (Å²) in [5.74, 6) is 0.197. The summed E-state index contributed by atoms with van der Waals surface area (Å²) in [4.78, 5) is 19.0. The standard InChI is InChI=1S/C19H24N2O2/c22-18(16-4-1-2-5-16)23-19-8-3-11-21(14-19)17(13-19)12-15-6-9-20-10-7-15/h6-7,9-10,12,16H,1-5,8,11,13-14H2/b17-12+. The molecule has 0 radical (unpaired) electrons. The van der Waals surface area contributed by atoms with Gasteiger partial charge in [-0.3, -0.25) is 9.78 Å². The number of piperidine rings is 1. The Morgan fingerprint density at radius 1 is 1.26 bits per heavy atom. The number of esters is 1. The predicted octanol–water partition coefficient (Wildman–Crippen LogP) is 3.39. The van der Waals surface area contributed by atoms with Crippen molar-refractivity contribution >= 4 is 12.0 Å². The van der Waals surface area contributed by atoms with E-state index in [2.05, 4.69) is 16.0 Å². The van der Waals surface area contributed by atoms with Crippen LogP contribution >= 0.6 is 0 Å². The number of nitrogens with zero attached hydrogens (tertiary/aromatic N) is 2. The molecule has 23 heavy (non-hydrogen) atoms. The molecule has 4 nitrogen and oxygen atoms in total. The molecule has 1 aromatic rings. The highest BCUT2D eigenvalue weighted by atomic mass is 16.6. The zero-order valence-corrected chi connectivity index (χ0v) is 13.5. The molecule has 4 heteroatoms. The molecule has 4 rings (SSSR count). The Morgan fingerprint density at radius 3 is 2.83 bits per heavy atom. The minimum Gasteiger partial charge on any atom is -0.457 e. The highest BCUT2D eigenvalue weighted by Gasteiger charge is 2.47. The van der Waals surface area contributed by atoms with Crippen molar-refractivity contribution in [3.8, 4) is 0 Å². The molecule has 2 aliphatic heterocycles. The van der Waals surface area contributed by atoms with Gasteiger partial charge in [0.25, 0.3) is 0 Å². The molecular formula is C19H24N2O2. The van der Waals surface area contributed by atoms with E-state index in [0.29, 0.717) is 0 Å². The summed E-state index contributed by atoms with van der Waals surface area (Å²) in [5, 5.41) is 0. The average Bonchev–Trinajstić information content (AvgIpc) is 3.16. The molecule has 1 aromatic heterocycles. The van der Waals surface area contributed by atoms with Crippen molar-refractivity contribution in [2.45, 2.75) is 50.5 Å². The van der Waals surface area contributed by atoms with Crippen LogP contribution in [0.4, 0.5) is 0 Å². The summed E-state index contributed by atoms with van der Waals surface area (Å²) in [6.45, 7) is 1.93. The average molecular weight is 312 g/mol. The topological polar surface area (TPSA) is 42.4 Å². The van der Waals surface area contributed by atoms with Crippen LogP contribution < -0.4 is 0 Å². The SMILES string of the molecule is O=C(OC12CCCN(C1)/C(=C/c1ccncc1)C2)C1CCCC1. The van der Waals surface area contributed by atoms with Crippen molar-refractivity contribution in [3.63, 3.8) is 0 Å². The van der Waals surface area contributed by atoms with E-state index in [1.54, 1.807) is 0 Å². The number of rotatable bonds is 3. The fourth-order valence-corrected chi connectivity index (χ4v) is 4.30. The second-order valence-corrected chi connectivity index (χ2v) is 7.20. The van der Waals surface area contributed by atoms with Crippen LogP contribution in [0.15, 0.2) is 30.2 Å². The van der Waals surface area contributed by atoms with E-state index >= 15 is 0 Å². The van der Waals surface area contributed by atoms with Crippen LogP contribution in [0.1, 0.15) is 50.5 Å². The van der Waals surface area contributed by atoms with Gasteiger partial charge in [-0.05, 0) is 49.5 Å². The van der Waals surface area contributed by atoms with Crippen molar-refractivity contribution < 1.29 is 9.53 Å². The van der Waals surface area contributed by atoms with Crippen LogP contribution in [-0.4, -0.2) is 34.5 Å². The fraction of sp³-hybridized carbons (Fsp3) is 0.579. The Balaban J connectivity index is 1.51. The van der Waals surface area contributed by atoms with E-state index in [9.17, 15) is 4.79 Å². The van der Waals surface area contributed by atoms with Crippen molar-refractivity contribution in [3.05, 3.63) is 35.8 Å². The Kier molecular flexibility index (Phi) is 3.83. The zero-order valence-electron chi connectivity index (χ0n) is 13.5. The van der Waals surface area contributed by atoms with Crippen LogP contribution in [0.3, 0.4) is 0 Å². The molecule has 0 spiro atoms. The highest BCUT2D eigenvalue weighted by Crippen LogP contribution is 2.42. The summed E-state index contributed by atoms with van der Waals surface area (Å²) in [6.07, 6.45) is 13.2. The van der Waals surface area contributed by atoms with Crippen molar-refractivity contribution in [2.24, 2.45) is 5.92 Å². The number of fused-ring (bicyclic) bond motifs is 2. The molecule has 1 saturated carbocycles. The van der Waals surface area contributed by atoms with E-state index in [4.69, 9.17) is 4.74 Å². The molecule has 0 N–H and O–H groups in total. The molecule has 1 atom stereocenters. The minimum atomic E-state index is -0.281. The minimum absolute atomic E-state index is 0.0505. The largest absolute Gasteiger partial charge is 0.457 e. The van der Waals surface area contributed by atoms with E-state index in [0.717, 1.165) is 45.2 Å². The first-order chi connectivity index (χ1) is 11.2. The van der Waals surface area contributed by atoms with Gasteiger partial charge in [0.15, 0.2) is 0 Å². The second-order valence-electron chi connectivity index (χ2n) is 7.20. The normalized spacial score (nSPS) is 29.2. The summed E-state index contributed by atoms with van der Waals surface area (Å²) < 4.78 is 6.09. The molecule has 0 aromatic carbocycles. The van der Waals surface area contributed by atoms with Gasteiger partial charge >= 0.3 is 5.97 Å². The third-order valence-electron chi connectivity index (χ3n) is 5.49. The van der Waals surface area contributed by atoms with Crippen LogP contribution in [-0.2, 0) is 9.53 Å². The van der Waals surface area contributed by atoms with Gasteiger partial charge in [0.2, 0.25) is 0 Å². The van der Waals surface area contributed by atoms with Gasteiger partial charge in [0.05, 0.1) is 12.5 Å². The smallest absolute Gasteiger partial charge is 0.309 e. The molecule has 0 amide bonds. The predicted molar refractivity (Wildman–Crippen MR) is 88.4 cm³/mol. The van der Waals surface area contributed by atoms with Crippen LogP contribution in [0, 0.1) is 5.92 Å². The van der Waals surface area contributed by atoms with Gasteiger partial charge in [0, 0.05) is 31.1 Å². The first-order valence-electron chi connectivity index (χ1n) is 8.83. The molecule has 122 valence electrons. The summed E-state index contributed by atoms with van der Waals surface area (Å²) in [6, 6.07) is 4.04. The zero-order chi connectivity index (χ0) is 15.7. The third-order valence-corrected chi connectivity index (χ3v) is 5.49. The Hall–Kier alpha value is -1.84. The number of pyridine rings is 1. The van der Waals surface area contributed by atoms with Gasteiger partial charge in [-0.2, -0.15) is 0 Å². The highest BCUT2D eigenvalue weighted by molar-refractivity contribution is 5.73. The van der Waals surface area contributed by atoms with E-state index in [1.807, 2.05) is 24.5 Å². The van der Waals surface area contributed by atoms with Crippen LogP contribution in [0.5, 0.6) is 0 Å². The first-order valence-corrected chi connectivity index (χ1v) is 8.83. The maximum atomic E-state index is 12.5. The maximum Gasteiger partial charge on any atom is 0.309 e. The van der Waals surface area contributed by atoms with Gasteiger partial charge in [-0.25, -0.2) is 0 Å². The molecule has 2 bridgehead atoms. The number of carbonyl (C=O) groups is 1. The molecule has 1 aliphatic carbocycles. The summed E-state index contributed by atoms with van der Waals surface area (Å²) >= 11 is 0. The van der Waals surface area contributed by atoms with E-state index in [-0.39, 0.29) is 17.5 Å². The second kappa shape index (κ2) is 5.99. The summed E-state index contributed by atoms with van der Waals surface area (Å²) in [7, 11) is 0. The van der Waals surface area contributed by atoms with E-state index in [1.165, 1.54) is 24.1 Å². The number of ether oxygens (including phenoxy) is 1. The molecule has 1 unspecified atom stereocenters. The molecule has 3 heterocycles. The van der Waals surface area contributed by atoms with Crippen molar-refractivity contribution in [1.29, 1.82) is 0 Å². The fourth-order valence-electron chi connectivity index (χ4n) is 4.30. The van der Waals surface area contributed by atoms with Crippen LogP contribution in [0.25, 0.3) is 6.08 Å². The first kappa shape index (κ1) is 14.7. The lowest BCUT2D eigenvalue weighted by Crippen LogP contribution is -2.43. The quantitative estimate of drug-likeness (QED) is 0.802. The monoisotopic (exact) mass is 312 g/mol.